The van der Waals surface area contributed by atoms with Crippen molar-refractivity contribution in [3.63, 3.8) is 0 Å². The Kier molecular flexibility index (Phi) is 3.69. The fraction of sp³-hybridized carbons (Fsp3) is 0.357. The first-order valence-electron chi connectivity index (χ1n) is 6.89. The van der Waals surface area contributed by atoms with E-state index in [0.717, 1.165) is 11.4 Å². The van der Waals surface area contributed by atoms with E-state index in [0.29, 0.717) is 18.3 Å². The predicted molar refractivity (Wildman–Crippen MR) is 80.4 cm³/mol. The van der Waals surface area contributed by atoms with E-state index in [4.69, 9.17) is 0 Å². The lowest BCUT2D eigenvalue weighted by atomic mass is 10.4. The molecule has 1 aliphatic carbocycles. The molecule has 7 heteroatoms. The second-order valence-corrected chi connectivity index (χ2v) is 6.99. The van der Waals surface area contributed by atoms with Gasteiger partial charge >= 0.3 is 0 Å². The van der Waals surface area contributed by atoms with E-state index in [1.54, 1.807) is 18.2 Å². The molecule has 0 radical (unpaired) electrons. The molecule has 1 saturated carbocycles. The van der Waals surface area contributed by atoms with E-state index in [1.165, 1.54) is 25.2 Å². The highest BCUT2D eigenvalue weighted by Gasteiger charge is 2.21. The Balaban J connectivity index is 1.69. The Labute approximate surface area is 124 Å². The van der Waals surface area contributed by atoms with Crippen LogP contribution in [0.2, 0.25) is 0 Å². The number of anilines is 1. The number of sulfonamides is 1. The van der Waals surface area contributed by atoms with Crippen molar-refractivity contribution in [3.8, 4) is 0 Å². The topological polar surface area (TPSA) is 86.9 Å². The van der Waals surface area contributed by atoms with E-state index in [1.807, 2.05) is 6.92 Å². The zero-order valence-electron chi connectivity index (χ0n) is 11.8. The molecule has 21 heavy (non-hydrogen) atoms. The van der Waals surface area contributed by atoms with Gasteiger partial charge in [0.1, 0.15) is 4.90 Å². The smallest absolute Gasteiger partial charge is 0.263 e. The summed E-state index contributed by atoms with van der Waals surface area (Å²) in [5.74, 6) is 0. The van der Waals surface area contributed by atoms with Gasteiger partial charge < -0.3 is 10.3 Å². The van der Waals surface area contributed by atoms with Crippen LogP contribution < -0.4 is 10.0 Å². The lowest BCUT2D eigenvalue weighted by Gasteiger charge is -2.05. The Morgan fingerprint density at radius 2 is 2.19 bits per heavy atom. The first-order chi connectivity index (χ1) is 10.0. The van der Waals surface area contributed by atoms with E-state index < -0.39 is 10.0 Å². The molecule has 0 spiro atoms. The number of H-pyrrole nitrogens is 1. The summed E-state index contributed by atoms with van der Waals surface area (Å²) in [5.41, 5.74) is 2.16. The quantitative estimate of drug-likeness (QED) is 0.759. The minimum atomic E-state index is -3.58. The zero-order valence-corrected chi connectivity index (χ0v) is 12.6. The van der Waals surface area contributed by atoms with Crippen molar-refractivity contribution < 1.29 is 8.42 Å². The summed E-state index contributed by atoms with van der Waals surface area (Å²) < 4.78 is 27.1. The summed E-state index contributed by atoms with van der Waals surface area (Å²) in [6.45, 7) is 2.51. The van der Waals surface area contributed by atoms with Gasteiger partial charge in [0, 0.05) is 30.2 Å². The predicted octanol–water partition coefficient (Wildman–Crippen LogP) is 1.77. The van der Waals surface area contributed by atoms with Gasteiger partial charge in [-0.3, -0.25) is 9.71 Å². The summed E-state index contributed by atoms with van der Waals surface area (Å²) in [7, 11) is -3.58. The third kappa shape index (κ3) is 3.62. The maximum Gasteiger partial charge on any atom is 0.263 e. The Morgan fingerprint density at radius 3 is 2.86 bits per heavy atom. The lowest BCUT2D eigenvalue weighted by Crippen LogP contribution is -2.15. The SMILES string of the molecule is Cc1ccc(NS(=O)(=O)c2c[nH]c(CNC3CC3)c2)cn1. The maximum absolute atomic E-state index is 12.3. The van der Waals surface area contributed by atoms with Crippen LogP contribution in [0, 0.1) is 6.92 Å². The summed E-state index contributed by atoms with van der Waals surface area (Å²) in [4.78, 5) is 7.30. The average Bonchev–Trinajstić information content (AvgIpc) is 3.15. The normalized spacial score (nSPS) is 15.1. The Bertz CT molecular complexity index is 718. The van der Waals surface area contributed by atoms with Crippen LogP contribution in [0.25, 0.3) is 0 Å². The molecule has 1 aliphatic rings. The van der Waals surface area contributed by atoms with Crippen molar-refractivity contribution in [2.75, 3.05) is 4.72 Å². The largest absolute Gasteiger partial charge is 0.363 e. The minimum absolute atomic E-state index is 0.232. The second-order valence-electron chi connectivity index (χ2n) is 5.31. The van der Waals surface area contributed by atoms with Gasteiger partial charge in [0.05, 0.1) is 11.9 Å². The second kappa shape index (κ2) is 5.50. The monoisotopic (exact) mass is 306 g/mol. The van der Waals surface area contributed by atoms with Gasteiger partial charge in [-0.15, -0.1) is 0 Å². The molecule has 0 unspecified atom stereocenters. The van der Waals surface area contributed by atoms with E-state index in [2.05, 4.69) is 20.0 Å². The van der Waals surface area contributed by atoms with Crippen LogP contribution in [0.1, 0.15) is 24.2 Å². The van der Waals surface area contributed by atoms with Gasteiger partial charge in [0.25, 0.3) is 10.0 Å². The minimum Gasteiger partial charge on any atom is -0.363 e. The molecule has 1 fully saturated rings. The molecule has 3 N–H and O–H groups in total. The van der Waals surface area contributed by atoms with Crippen molar-refractivity contribution in [1.29, 1.82) is 0 Å². The number of nitrogens with one attached hydrogen (secondary N) is 3. The first-order valence-corrected chi connectivity index (χ1v) is 8.37. The van der Waals surface area contributed by atoms with Gasteiger partial charge in [0.15, 0.2) is 0 Å². The summed E-state index contributed by atoms with van der Waals surface area (Å²) >= 11 is 0. The van der Waals surface area contributed by atoms with Crippen LogP contribution >= 0.6 is 0 Å². The fourth-order valence-corrected chi connectivity index (χ4v) is 3.02. The molecule has 3 rings (SSSR count). The molecule has 0 atom stereocenters. The summed E-state index contributed by atoms with van der Waals surface area (Å²) in [6.07, 6.45) is 5.42. The van der Waals surface area contributed by atoms with Crippen LogP contribution in [0.5, 0.6) is 0 Å². The molecule has 0 aromatic carbocycles. The third-order valence-corrected chi connectivity index (χ3v) is 4.71. The molecule has 112 valence electrons. The molecule has 0 saturated heterocycles. The number of pyridine rings is 1. The van der Waals surface area contributed by atoms with E-state index >= 15 is 0 Å². The standard InChI is InChI=1S/C14H18N4O2S/c1-10-2-3-12(7-15-10)18-21(19,20)14-6-13(17-9-14)8-16-11-4-5-11/h2-3,6-7,9,11,16-18H,4-5,8H2,1H3. The van der Waals surface area contributed by atoms with Crippen LogP contribution in [-0.2, 0) is 16.6 Å². The Hall–Kier alpha value is -1.86. The molecule has 2 heterocycles. The number of rotatable bonds is 6. The average molecular weight is 306 g/mol. The van der Waals surface area contributed by atoms with Crippen molar-refractivity contribution in [2.24, 2.45) is 0 Å². The van der Waals surface area contributed by atoms with Crippen LogP contribution in [0.3, 0.4) is 0 Å². The number of hydrogen-bond donors (Lipinski definition) is 3. The molecular formula is C14H18N4O2S. The zero-order chi connectivity index (χ0) is 14.9. The van der Waals surface area contributed by atoms with Gasteiger partial charge in [-0.05, 0) is 38.0 Å². The third-order valence-electron chi connectivity index (χ3n) is 3.35. The molecule has 0 bridgehead atoms. The molecule has 2 aromatic rings. The number of aromatic amines is 1. The maximum atomic E-state index is 12.3. The number of hydrogen-bond acceptors (Lipinski definition) is 4. The van der Waals surface area contributed by atoms with Crippen molar-refractivity contribution >= 4 is 15.7 Å². The number of aryl methyl sites for hydroxylation is 1. The van der Waals surface area contributed by atoms with Crippen LogP contribution in [0.4, 0.5) is 5.69 Å². The highest BCUT2D eigenvalue weighted by molar-refractivity contribution is 7.92. The van der Waals surface area contributed by atoms with Crippen molar-refractivity contribution in [2.45, 2.75) is 37.2 Å². The van der Waals surface area contributed by atoms with E-state index in [9.17, 15) is 8.42 Å². The van der Waals surface area contributed by atoms with Gasteiger partial charge in [0.2, 0.25) is 0 Å². The molecule has 0 amide bonds. The molecule has 0 aliphatic heterocycles. The lowest BCUT2D eigenvalue weighted by molar-refractivity contribution is 0.601. The first kappa shape index (κ1) is 14.1. The highest BCUT2D eigenvalue weighted by Crippen LogP contribution is 2.20. The fourth-order valence-electron chi connectivity index (χ4n) is 1.96. The van der Waals surface area contributed by atoms with Gasteiger partial charge in [-0.1, -0.05) is 0 Å². The number of nitrogens with zero attached hydrogens (tertiary/aromatic N) is 1. The molecule has 2 aromatic heterocycles. The van der Waals surface area contributed by atoms with Gasteiger partial charge in [-0.2, -0.15) is 0 Å². The summed E-state index contributed by atoms with van der Waals surface area (Å²) in [5, 5.41) is 3.34. The Morgan fingerprint density at radius 1 is 1.38 bits per heavy atom. The van der Waals surface area contributed by atoms with E-state index in [-0.39, 0.29) is 4.90 Å². The highest BCUT2D eigenvalue weighted by atomic mass is 32.2. The number of aromatic nitrogens is 2. The van der Waals surface area contributed by atoms with Crippen molar-refractivity contribution in [1.82, 2.24) is 15.3 Å². The van der Waals surface area contributed by atoms with Crippen LogP contribution in [-0.4, -0.2) is 24.4 Å². The van der Waals surface area contributed by atoms with Crippen molar-refractivity contribution in [3.05, 3.63) is 42.0 Å². The summed E-state index contributed by atoms with van der Waals surface area (Å²) in [6, 6.07) is 5.70. The molecular weight excluding hydrogens is 288 g/mol. The van der Waals surface area contributed by atoms with Crippen LogP contribution in [0.15, 0.2) is 35.5 Å². The van der Waals surface area contributed by atoms with Gasteiger partial charge in [-0.25, -0.2) is 8.42 Å². The molecule has 6 nitrogen and oxygen atoms in total.